The van der Waals surface area contributed by atoms with Crippen LogP contribution in [0.1, 0.15) is 6.92 Å². The average molecular weight is 867 g/mol. The Hall–Kier alpha value is -8.86. The zero-order valence-electron chi connectivity index (χ0n) is 37.5. The van der Waals surface area contributed by atoms with Crippen molar-refractivity contribution in [3.8, 4) is 44.9 Å². The fourth-order valence-corrected chi connectivity index (χ4v) is 8.60. The van der Waals surface area contributed by atoms with Crippen molar-refractivity contribution in [1.29, 1.82) is 0 Å². The SMILES string of the molecule is C=C.C=CC.c1ccc(-c2oc3cc4c(-c5ccc(N(c6ccccc6)c6ccccc6)cc5)c(-c5ccccc5)oc4cc3c2-c2ccc(N(c3ccccc3)c3ccccc3)cc2)cc1. The van der Waals surface area contributed by atoms with Crippen molar-refractivity contribution in [2.24, 2.45) is 0 Å². The van der Waals surface area contributed by atoms with Gasteiger partial charge in [-0.2, -0.15) is 0 Å². The normalized spacial score (nSPS) is 10.6. The monoisotopic (exact) mass is 866 g/mol. The zero-order chi connectivity index (χ0) is 46.0. The molecule has 4 nitrogen and oxygen atoms in total. The summed E-state index contributed by atoms with van der Waals surface area (Å²) in [5, 5.41) is 1.98. The van der Waals surface area contributed by atoms with Crippen molar-refractivity contribution in [2.45, 2.75) is 6.92 Å². The van der Waals surface area contributed by atoms with Crippen LogP contribution in [0.5, 0.6) is 0 Å². The van der Waals surface area contributed by atoms with E-state index in [0.29, 0.717) is 0 Å². The third-order valence-corrected chi connectivity index (χ3v) is 11.5. The highest BCUT2D eigenvalue weighted by atomic mass is 16.3. The highest BCUT2D eigenvalue weighted by molar-refractivity contribution is 6.11. The van der Waals surface area contributed by atoms with Crippen LogP contribution in [0.25, 0.3) is 66.8 Å². The van der Waals surface area contributed by atoms with Gasteiger partial charge in [0.1, 0.15) is 22.7 Å². The van der Waals surface area contributed by atoms with Gasteiger partial charge in [0.2, 0.25) is 0 Å². The lowest BCUT2D eigenvalue weighted by Gasteiger charge is -2.25. The lowest BCUT2D eigenvalue weighted by Crippen LogP contribution is -2.09. The molecule has 0 aliphatic carbocycles. The molecule has 67 heavy (non-hydrogen) atoms. The molecule has 11 aromatic rings. The number of hydrogen-bond acceptors (Lipinski definition) is 4. The van der Waals surface area contributed by atoms with Crippen molar-refractivity contribution in [1.82, 2.24) is 0 Å². The minimum absolute atomic E-state index is 0.795. The number of fused-ring (bicyclic) bond motifs is 2. The smallest absolute Gasteiger partial charge is 0.143 e. The van der Waals surface area contributed by atoms with E-state index in [1.165, 1.54) is 0 Å². The molecule has 0 saturated heterocycles. The molecule has 9 aromatic carbocycles. The first-order valence-electron chi connectivity index (χ1n) is 22.4. The van der Waals surface area contributed by atoms with E-state index in [-0.39, 0.29) is 0 Å². The average Bonchev–Trinajstić information content (AvgIpc) is 3.97. The van der Waals surface area contributed by atoms with Crippen LogP contribution in [0.15, 0.2) is 277 Å². The summed E-state index contributed by atoms with van der Waals surface area (Å²) in [5.74, 6) is 1.64. The van der Waals surface area contributed by atoms with E-state index in [0.717, 1.165) is 101 Å². The Balaban J connectivity index is 0.00000108. The first-order valence-corrected chi connectivity index (χ1v) is 22.4. The Labute approximate surface area is 393 Å². The molecule has 0 aliphatic heterocycles. The predicted molar refractivity (Wildman–Crippen MR) is 284 cm³/mol. The minimum atomic E-state index is 0.795. The van der Waals surface area contributed by atoms with E-state index in [1.807, 2.05) is 19.1 Å². The van der Waals surface area contributed by atoms with Crippen LogP contribution in [0, 0.1) is 0 Å². The summed E-state index contributed by atoms with van der Waals surface area (Å²) in [5.41, 5.74) is 14.3. The predicted octanol–water partition coefficient (Wildman–Crippen LogP) is 18.8. The van der Waals surface area contributed by atoms with Crippen LogP contribution in [0.4, 0.5) is 34.1 Å². The van der Waals surface area contributed by atoms with Gasteiger partial charge in [0.25, 0.3) is 0 Å². The number of furan rings is 2. The van der Waals surface area contributed by atoms with E-state index in [2.05, 4.69) is 260 Å². The molecule has 0 N–H and O–H groups in total. The summed E-state index contributed by atoms with van der Waals surface area (Å²) in [6, 6.07) is 84.6. The van der Waals surface area contributed by atoms with Crippen molar-refractivity contribution in [3.63, 3.8) is 0 Å². The van der Waals surface area contributed by atoms with E-state index in [4.69, 9.17) is 8.83 Å². The number of nitrogens with zero attached hydrogens (tertiary/aromatic N) is 2. The topological polar surface area (TPSA) is 32.8 Å². The van der Waals surface area contributed by atoms with Crippen molar-refractivity contribution < 1.29 is 8.83 Å². The van der Waals surface area contributed by atoms with Crippen LogP contribution in [-0.2, 0) is 0 Å². The first kappa shape index (κ1) is 43.4. The van der Waals surface area contributed by atoms with Crippen LogP contribution in [-0.4, -0.2) is 0 Å². The number of anilines is 6. The first-order chi connectivity index (χ1) is 33.2. The van der Waals surface area contributed by atoms with E-state index in [1.54, 1.807) is 6.08 Å². The molecular formula is C63H50N2O2. The van der Waals surface area contributed by atoms with Gasteiger partial charge in [-0.3, -0.25) is 0 Å². The molecule has 324 valence electrons. The van der Waals surface area contributed by atoms with Gasteiger partial charge >= 0.3 is 0 Å². The van der Waals surface area contributed by atoms with Gasteiger partial charge in [0.15, 0.2) is 0 Å². The maximum Gasteiger partial charge on any atom is 0.143 e. The van der Waals surface area contributed by atoms with Gasteiger partial charge in [-0.1, -0.05) is 164 Å². The van der Waals surface area contributed by atoms with Gasteiger partial charge in [-0.15, -0.1) is 19.7 Å². The van der Waals surface area contributed by atoms with E-state index < -0.39 is 0 Å². The highest BCUT2D eigenvalue weighted by Gasteiger charge is 2.24. The number of allylic oxidation sites excluding steroid dienone is 1. The molecule has 0 bridgehead atoms. The molecular weight excluding hydrogens is 817 g/mol. The van der Waals surface area contributed by atoms with E-state index in [9.17, 15) is 0 Å². The van der Waals surface area contributed by atoms with Gasteiger partial charge in [0.05, 0.1) is 0 Å². The van der Waals surface area contributed by atoms with Crippen molar-refractivity contribution in [3.05, 3.63) is 268 Å². The third kappa shape index (κ3) is 8.97. The molecule has 0 spiro atoms. The van der Waals surface area contributed by atoms with Crippen molar-refractivity contribution in [2.75, 3.05) is 9.80 Å². The summed E-state index contributed by atoms with van der Waals surface area (Å²) in [6.07, 6.45) is 1.75. The van der Waals surface area contributed by atoms with E-state index >= 15 is 0 Å². The van der Waals surface area contributed by atoms with Gasteiger partial charge in [-0.05, 0) is 103 Å². The van der Waals surface area contributed by atoms with Crippen LogP contribution in [0.3, 0.4) is 0 Å². The molecule has 0 unspecified atom stereocenters. The molecule has 11 rings (SSSR count). The van der Waals surface area contributed by atoms with Crippen LogP contribution in [0.2, 0.25) is 0 Å². The largest absolute Gasteiger partial charge is 0.455 e. The molecule has 2 heterocycles. The highest BCUT2D eigenvalue weighted by Crippen LogP contribution is 2.48. The Morgan fingerprint density at radius 3 is 0.836 bits per heavy atom. The molecule has 0 radical (unpaired) electrons. The summed E-state index contributed by atoms with van der Waals surface area (Å²) >= 11 is 0. The number of benzene rings is 9. The van der Waals surface area contributed by atoms with Crippen molar-refractivity contribution >= 4 is 56.1 Å². The number of para-hydroxylation sites is 4. The molecule has 0 amide bonds. The summed E-state index contributed by atoms with van der Waals surface area (Å²) in [4.78, 5) is 4.56. The van der Waals surface area contributed by atoms with Crippen LogP contribution >= 0.6 is 0 Å². The molecule has 0 saturated carbocycles. The van der Waals surface area contributed by atoms with Gasteiger partial charge in [0, 0.05) is 67.2 Å². The Bertz CT molecular complexity index is 3010. The zero-order valence-corrected chi connectivity index (χ0v) is 37.5. The number of rotatable bonds is 10. The number of hydrogen-bond donors (Lipinski definition) is 0. The molecule has 2 aromatic heterocycles. The minimum Gasteiger partial charge on any atom is -0.455 e. The molecule has 0 aliphatic rings. The summed E-state index contributed by atoms with van der Waals surface area (Å²) < 4.78 is 13.9. The fourth-order valence-electron chi connectivity index (χ4n) is 8.60. The second-order valence-electron chi connectivity index (χ2n) is 15.7. The second-order valence-corrected chi connectivity index (χ2v) is 15.7. The van der Waals surface area contributed by atoms with Crippen LogP contribution < -0.4 is 9.80 Å². The van der Waals surface area contributed by atoms with Gasteiger partial charge in [-0.25, -0.2) is 0 Å². The summed E-state index contributed by atoms with van der Waals surface area (Å²) in [6.45, 7) is 11.2. The maximum atomic E-state index is 6.96. The maximum absolute atomic E-state index is 6.96. The third-order valence-electron chi connectivity index (χ3n) is 11.5. The lowest BCUT2D eigenvalue weighted by atomic mass is 9.95. The van der Waals surface area contributed by atoms with Gasteiger partial charge < -0.3 is 18.6 Å². The quantitative estimate of drug-likeness (QED) is 0.128. The Morgan fingerprint density at radius 2 is 0.567 bits per heavy atom. The summed E-state index contributed by atoms with van der Waals surface area (Å²) in [7, 11) is 0. The second kappa shape index (κ2) is 20.3. The lowest BCUT2D eigenvalue weighted by molar-refractivity contribution is 0.628. The molecule has 4 heteroatoms. The standard InChI is InChI=1S/C58H40N2O2.C3H6.C2H4/c1-7-19-43(20-8-1)57-55(41-31-35-49(36-32-41)59(45-23-11-3-12-24-45)46-25-13-4-14-26-46)51-39-54-52(40-53(51)61-57)56(58(62-54)44-21-9-2-10-22-44)42-33-37-50(38-34-42)60(47-27-15-5-16-28-47)48-29-17-6-18-30-48;1-3-2;1-2/h1-40H;3H,1H2,2H3;1-2H2. The molecule has 0 atom stereocenters. The molecule has 0 fully saturated rings. The fraction of sp³-hybridized carbons (Fsp3) is 0.0159. The Morgan fingerprint density at radius 1 is 0.328 bits per heavy atom. The Kier molecular flexibility index (Phi) is 13.2.